The molecule has 17 heavy (non-hydrogen) atoms. The van der Waals surface area contributed by atoms with E-state index < -0.39 is 0 Å². The maximum Gasteiger partial charge on any atom is 0.149 e. The van der Waals surface area contributed by atoms with Gasteiger partial charge in [-0.15, -0.1) is 0 Å². The molecule has 1 aliphatic carbocycles. The molecule has 0 atom stereocenters. The van der Waals surface area contributed by atoms with Gasteiger partial charge in [0, 0.05) is 12.0 Å². The van der Waals surface area contributed by atoms with Gasteiger partial charge in [-0.2, -0.15) is 0 Å². The van der Waals surface area contributed by atoms with E-state index in [0.717, 1.165) is 25.7 Å². The molecule has 0 unspecified atom stereocenters. The molecule has 0 aromatic heterocycles. The monoisotopic (exact) mass is 257 g/mol. The van der Waals surface area contributed by atoms with Crippen molar-refractivity contribution < 1.29 is 9.13 Å². The van der Waals surface area contributed by atoms with Crippen LogP contribution < -0.4 is 10.5 Å². The molecule has 0 saturated heterocycles. The number of benzene rings is 1. The smallest absolute Gasteiger partial charge is 0.149 e. The van der Waals surface area contributed by atoms with Gasteiger partial charge in [0.1, 0.15) is 16.6 Å². The van der Waals surface area contributed by atoms with Crippen molar-refractivity contribution in [2.24, 2.45) is 5.73 Å². The van der Waals surface area contributed by atoms with Gasteiger partial charge in [0.15, 0.2) is 0 Å². The van der Waals surface area contributed by atoms with Gasteiger partial charge >= 0.3 is 0 Å². The molecule has 1 saturated carbocycles. The van der Waals surface area contributed by atoms with Crippen LogP contribution in [-0.2, 0) is 5.41 Å². The minimum Gasteiger partial charge on any atom is -0.495 e. The topological polar surface area (TPSA) is 35.2 Å². The van der Waals surface area contributed by atoms with E-state index in [1.807, 2.05) is 0 Å². The molecule has 1 aliphatic rings. The van der Waals surface area contributed by atoms with Crippen molar-refractivity contribution in [1.82, 2.24) is 0 Å². The molecular weight excluding hydrogens is 241 g/mol. The molecule has 0 aliphatic heterocycles. The van der Waals surface area contributed by atoms with Crippen molar-refractivity contribution in [3.63, 3.8) is 0 Å². The Bertz CT molecular complexity index is 416. The third kappa shape index (κ3) is 2.02. The summed E-state index contributed by atoms with van der Waals surface area (Å²) < 4.78 is 19.3. The Labute approximate surface area is 106 Å². The molecule has 1 aromatic rings. The maximum atomic E-state index is 14.3. The third-order valence-corrected chi connectivity index (χ3v) is 4.14. The number of hydrogen-bond donors (Lipinski definition) is 1. The molecule has 0 bridgehead atoms. The van der Waals surface area contributed by atoms with Gasteiger partial charge in [-0.3, -0.25) is 0 Å². The Morgan fingerprint density at radius 1 is 1.41 bits per heavy atom. The Kier molecular flexibility index (Phi) is 3.59. The highest BCUT2D eigenvalue weighted by Gasteiger charge is 2.37. The van der Waals surface area contributed by atoms with Crippen LogP contribution in [0.25, 0.3) is 0 Å². The van der Waals surface area contributed by atoms with Gasteiger partial charge in [-0.1, -0.05) is 30.5 Å². The van der Waals surface area contributed by atoms with Crippen molar-refractivity contribution in [3.8, 4) is 5.75 Å². The maximum absolute atomic E-state index is 14.3. The van der Waals surface area contributed by atoms with Gasteiger partial charge in [0.2, 0.25) is 0 Å². The summed E-state index contributed by atoms with van der Waals surface area (Å²) in [7, 11) is 1.48. The SMILES string of the molecule is COc1ccc(C2(CN)CCCC2)c(F)c1Cl. The summed E-state index contributed by atoms with van der Waals surface area (Å²) in [6.45, 7) is 0.465. The number of halogens is 2. The summed E-state index contributed by atoms with van der Waals surface area (Å²) in [5.74, 6) is -0.00329. The molecule has 0 heterocycles. The first-order valence-electron chi connectivity index (χ1n) is 5.87. The zero-order chi connectivity index (χ0) is 12.5. The first-order valence-corrected chi connectivity index (χ1v) is 6.25. The average Bonchev–Trinajstić information content (AvgIpc) is 2.82. The zero-order valence-electron chi connectivity index (χ0n) is 9.93. The summed E-state index contributed by atoms with van der Waals surface area (Å²) in [6, 6.07) is 3.48. The molecule has 0 spiro atoms. The van der Waals surface area contributed by atoms with Crippen molar-refractivity contribution in [1.29, 1.82) is 0 Å². The first kappa shape index (κ1) is 12.7. The largest absolute Gasteiger partial charge is 0.495 e. The van der Waals surface area contributed by atoms with E-state index in [2.05, 4.69) is 0 Å². The Balaban J connectivity index is 2.48. The van der Waals surface area contributed by atoms with Gasteiger partial charge in [-0.25, -0.2) is 4.39 Å². The predicted molar refractivity (Wildman–Crippen MR) is 67.2 cm³/mol. The number of rotatable bonds is 3. The van der Waals surface area contributed by atoms with Gasteiger partial charge in [0.05, 0.1) is 7.11 Å². The highest BCUT2D eigenvalue weighted by atomic mass is 35.5. The molecule has 94 valence electrons. The molecular formula is C13H17ClFNO. The predicted octanol–water partition coefficient (Wildman–Crippen LogP) is 3.26. The lowest BCUT2D eigenvalue weighted by Gasteiger charge is -2.28. The minimum absolute atomic E-state index is 0.0599. The summed E-state index contributed by atoms with van der Waals surface area (Å²) in [5.41, 5.74) is 6.26. The number of methoxy groups -OCH3 is 1. The number of nitrogens with two attached hydrogens (primary N) is 1. The molecule has 1 aromatic carbocycles. The van der Waals surface area contributed by atoms with Crippen LogP contribution in [0.3, 0.4) is 0 Å². The summed E-state index contributed by atoms with van der Waals surface area (Å²) in [6.07, 6.45) is 4.06. The number of ether oxygens (including phenoxy) is 1. The summed E-state index contributed by atoms with van der Waals surface area (Å²) >= 11 is 5.96. The lowest BCUT2D eigenvalue weighted by atomic mass is 9.78. The molecule has 2 nitrogen and oxygen atoms in total. The van der Waals surface area contributed by atoms with Crippen molar-refractivity contribution in [2.45, 2.75) is 31.1 Å². The summed E-state index contributed by atoms with van der Waals surface area (Å²) in [4.78, 5) is 0. The van der Waals surface area contributed by atoms with Crippen LogP contribution in [0.2, 0.25) is 5.02 Å². The van der Waals surface area contributed by atoms with Crippen LogP contribution >= 0.6 is 11.6 Å². The Hall–Kier alpha value is -0.800. The summed E-state index contributed by atoms with van der Waals surface area (Å²) in [5, 5.41) is 0.0599. The standard InChI is InChI=1S/C13H17ClFNO/c1-17-10-5-4-9(12(15)11(10)14)13(8-16)6-2-3-7-13/h4-5H,2-3,6-8,16H2,1H3. The molecule has 2 rings (SSSR count). The van der Waals surface area contributed by atoms with Crippen molar-refractivity contribution in [2.75, 3.05) is 13.7 Å². The van der Waals surface area contributed by atoms with Gasteiger partial charge < -0.3 is 10.5 Å². The van der Waals surface area contributed by atoms with Crippen LogP contribution in [0.5, 0.6) is 5.75 Å². The van der Waals surface area contributed by atoms with Crippen LogP contribution in [0.4, 0.5) is 4.39 Å². The van der Waals surface area contributed by atoms with E-state index >= 15 is 0 Å². The van der Waals surface area contributed by atoms with E-state index in [0.29, 0.717) is 17.9 Å². The first-order chi connectivity index (χ1) is 8.14. The fraction of sp³-hybridized carbons (Fsp3) is 0.538. The lowest BCUT2D eigenvalue weighted by molar-refractivity contribution is 0.401. The van der Waals surface area contributed by atoms with Gasteiger partial charge in [0.25, 0.3) is 0 Å². The van der Waals surface area contributed by atoms with Crippen molar-refractivity contribution in [3.05, 3.63) is 28.5 Å². The fourth-order valence-electron chi connectivity index (χ4n) is 2.73. The molecule has 4 heteroatoms. The normalized spacial score (nSPS) is 18.4. The van der Waals surface area contributed by atoms with E-state index in [-0.39, 0.29) is 16.3 Å². The third-order valence-electron chi connectivity index (χ3n) is 3.79. The van der Waals surface area contributed by atoms with E-state index in [1.165, 1.54) is 7.11 Å². The second-order valence-corrected chi connectivity index (χ2v) is 5.01. The lowest BCUT2D eigenvalue weighted by Crippen LogP contribution is -2.33. The van der Waals surface area contributed by atoms with Crippen LogP contribution in [0.1, 0.15) is 31.2 Å². The second-order valence-electron chi connectivity index (χ2n) is 4.63. The van der Waals surface area contributed by atoms with Crippen molar-refractivity contribution >= 4 is 11.6 Å². The quantitative estimate of drug-likeness (QED) is 0.902. The van der Waals surface area contributed by atoms with Gasteiger partial charge in [-0.05, 0) is 24.5 Å². The van der Waals surface area contributed by atoms with E-state index in [9.17, 15) is 4.39 Å². The Morgan fingerprint density at radius 3 is 2.59 bits per heavy atom. The zero-order valence-corrected chi connectivity index (χ0v) is 10.7. The van der Waals surface area contributed by atoms with E-state index in [4.69, 9.17) is 22.1 Å². The van der Waals surface area contributed by atoms with Crippen LogP contribution in [0, 0.1) is 5.82 Å². The van der Waals surface area contributed by atoms with E-state index in [1.54, 1.807) is 12.1 Å². The molecule has 2 N–H and O–H groups in total. The molecule has 0 amide bonds. The molecule has 0 radical (unpaired) electrons. The second kappa shape index (κ2) is 4.83. The highest BCUT2D eigenvalue weighted by molar-refractivity contribution is 6.32. The Morgan fingerprint density at radius 2 is 2.06 bits per heavy atom. The van der Waals surface area contributed by atoms with Crippen LogP contribution in [0.15, 0.2) is 12.1 Å². The van der Waals surface area contributed by atoms with Crippen LogP contribution in [-0.4, -0.2) is 13.7 Å². The minimum atomic E-state index is -0.377. The fourth-order valence-corrected chi connectivity index (χ4v) is 2.98. The average molecular weight is 258 g/mol. The molecule has 1 fully saturated rings. The highest BCUT2D eigenvalue weighted by Crippen LogP contribution is 2.44. The number of hydrogen-bond acceptors (Lipinski definition) is 2.